The van der Waals surface area contributed by atoms with Crippen LogP contribution in [0.4, 0.5) is 0 Å². The quantitative estimate of drug-likeness (QED) is 0.0560. The fourth-order valence-electron chi connectivity index (χ4n) is 7.87. The van der Waals surface area contributed by atoms with Gasteiger partial charge in [-0.25, -0.2) is 4.79 Å². The van der Waals surface area contributed by atoms with Gasteiger partial charge in [0, 0.05) is 33.9 Å². The van der Waals surface area contributed by atoms with Crippen LogP contribution in [0.3, 0.4) is 0 Å². The van der Waals surface area contributed by atoms with Gasteiger partial charge in [-0.2, -0.15) is 0 Å². The van der Waals surface area contributed by atoms with Crippen molar-refractivity contribution in [3.05, 3.63) is 200 Å². The van der Waals surface area contributed by atoms with Gasteiger partial charge in [0.1, 0.15) is 29.4 Å². The van der Waals surface area contributed by atoms with Crippen molar-refractivity contribution >= 4 is 17.1 Å². The maximum absolute atomic E-state index is 14.1. The predicted molar refractivity (Wildman–Crippen MR) is 230 cm³/mol. The van der Waals surface area contributed by atoms with Crippen molar-refractivity contribution in [3.8, 4) is 11.5 Å². The zero-order valence-electron chi connectivity index (χ0n) is 33.3. The fraction of sp³-hybridized carbons (Fsp3) is 0.261. The Morgan fingerprint density at radius 2 is 1.31 bits per heavy atom. The van der Waals surface area contributed by atoms with E-state index in [1.165, 1.54) is 21.9 Å². The number of nitrogens with one attached hydrogen (secondary N) is 1. The van der Waals surface area contributed by atoms with E-state index < -0.39 is 52.4 Å². The maximum Gasteiger partial charge on any atom is 0.330 e. The van der Waals surface area contributed by atoms with Gasteiger partial charge in [-0.3, -0.25) is 18.9 Å². The molecular formula is C46H49N2O9PSi. The first-order valence-electron chi connectivity index (χ1n) is 19.7. The van der Waals surface area contributed by atoms with Crippen LogP contribution in [0, 0.1) is 6.92 Å². The molecule has 1 unspecified atom stereocenters. The molecule has 1 aliphatic heterocycles. The molecule has 1 aromatic heterocycles. The molecule has 7 rings (SSSR count). The summed E-state index contributed by atoms with van der Waals surface area (Å²) >= 11 is 0. The molecule has 0 aliphatic carbocycles. The van der Waals surface area contributed by atoms with Gasteiger partial charge < -0.3 is 28.4 Å². The number of rotatable bonds is 17. The molecule has 0 radical (unpaired) electrons. The van der Waals surface area contributed by atoms with Gasteiger partial charge in [-0.1, -0.05) is 121 Å². The molecule has 11 nitrogen and oxygen atoms in total. The van der Waals surface area contributed by atoms with Crippen LogP contribution in [-0.2, 0) is 24.2 Å². The van der Waals surface area contributed by atoms with E-state index in [1.807, 2.05) is 115 Å². The topological polar surface area (TPSA) is 138 Å². The first kappa shape index (κ1) is 41.8. The van der Waals surface area contributed by atoms with Gasteiger partial charge in [-0.05, 0) is 64.5 Å². The number of H-pyrrole nitrogens is 1. The number of methoxy groups -OCH3 is 2. The molecule has 1 saturated heterocycles. The van der Waals surface area contributed by atoms with Crippen molar-refractivity contribution in [1.29, 1.82) is 0 Å². The summed E-state index contributed by atoms with van der Waals surface area (Å²) in [5.41, 5.74) is 2.86. The normalized spacial score (nSPS) is 17.9. The van der Waals surface area contributed by atoms with Crippen molar-refractivity contribution in [1.82, 2.24) is 9.55 Å². The molecule has 13 heteroatoms. The lowest BCUT2D eigenvalue weighted by molar-refractivity contribution is -0.0922. The third-order valence-corrected chi connectivity index (χ3v) is 15.3. The van der Waals surface area contributed by atoms with Crippen molar-refractivity contribution in [2.75, 3.05) is 27.0 Å². The zero-order valence-corrected chi connectivity index (χ0v) is 35.6. The summed E-state index contributed by atoms with van der Waals surface area (Å²) in [7, 11) is -1.94. The first-order chi connectivity index (χ1) is 28.6. The molecule has 0 bridgehead atoms. The number of hydrogen-bond acceptors (Lipinski definition) is 8. The highest BCUT2D eigenvalue weighted by molar-refractivity contribution is 7.52. The second kappa shape index (κ2) is 18.7. The standard InChI is InChI=1S/C46H49N2O9PSi/c1-32-30-48(45(50)47-44(32)49)42-29-40(57-58(51,52)27-28-59-43(33-13-7-4-8-14-33)34-15-9-5-10-16-34)41(56-42)31-55-46(35-17-11-6-12-18-35,36-19-23-38(53-2)24-20-36)37-21-25-39(54-3)26-22-37/h4-26,30,40-43H,27-29,31,59H2,1-3H3,(H,51,52)(H,47,49,50)/t40-,41+,42+/m0/s1. The Balaban J connectivity index is 1.20. The molecule has 2 N–H and O–H groups in total. The Morgan fingerprint density at radius 1 is 0.797 bits per heavy atom. The van der Waals surface area contributed by atoms with Crippen LogP contribution in [0.25, 0.3) is 0 Å². The Hall–Kier alpha value is -5.33. The minimum Gasteiger partial charge on any atom is -0.497 e. The third-order valence-electron chi connectivity index (χ3n) is 10.9. The second-order valence-electron chi connectivity index (χ2n) is 14.7. The Bertz CT molecular complexity index is 2360. The molecule has 5 aromatic carbocycles. The van der Waals surface area contributed by atoms with Crippen molar-refractivity contribution in [2.24, 2.45) is 0 Å². The van der Waals surface area contributed by atoms with Crippen LogP contribution in [-0.4, -0.2) is 63.2 Å². The molecule has 1 fully saturated rings. The summed E-state index contributed by atoms with van der Waals surface area (Å²) in [5.74, 6) is 1.34. The van der Waals surface area contributed by atoms with Crippen molar-refractivity contribution in [2.45, 2.75) is 49.0 Å². The fourth-order valence-corrected chi connectivity index (χ4v) is 12.6. The van der Waals surface area contributed by atoms with Crippen LogP contribution < -0.4 is 20.7 Å². The largest absolute Gasteiger partial charge is 0.497 e. The van der Waals surface area contributed by atoms with Crippen LogP contribution in [0.5, 0.6) is 11.5 Å². The van der Waals surface area contributed by atoms with E-state index in [9.17, 15) is 19.0 Å². The smallest absolute Gasteiger partial charge is 0.330 e. The van der Waals surface area contributed by atoms with Crippen molar-refractivity contribution < 1.29 is 32.9 Å². The minimum absolute atomic E-state index is 0.0342. The number of benzene rings is 5. The van der Waals surface area contributed by atoms with Crippen molar-refractivity contribution in [3.63, 3.8) is 0 Å². The van der Waals surface area contributed by atoms with E-state index in [2.05, 4.69) is 29.2 Å². The van der Waals surface area contributed by atoms with E-state index in [1.54, 1.807) is 21.1 Å². The van der Waals surface area contributed by atoms with Crippen LogP contribution in [0.2, 0.25) is 6.04 Å². The molecule has 59 heavy (non-hydrogen) atoms. The lowest BCUT2D eigenvalue weighted by atomic mass is 9.80. The highest BCUT2D eigenvalue weighted by Gasteiger charge is 2.45. The lowest BCUT2D eigenvalue weighted by Crippen LogP contribution is -2.38. The lowest BCUT2D eigenvalue weighted by Gasteiger charge is -2.37. The van der Waals surface area contributed by atoms with E-state index in [0.717, 1.165) is 16.7 Å². The Morgan fingerprint density at radius 3 is 1.83 bits per heavy atom. The molecule has 6 aromatic rings. The monoisotopic (exact) mass is 832 g/mol. The average Bonchev–Trinajstić information content (AvgIpc) is 3.66. The Labute approximate surface area is 345 Å². The van der Waals surface area contributed by atoms with E-state index in [0.29, 0.717) is 23.1 Å². The predicted octanol–water partition coefficient (Wildman–Crippen LogP) is 7.11. The zero-order chi connectivity index (χ0) is 41.4. The third kappa shape index (κ3) is 9.60. The average molecular weight is 833 g/mol. The number of aryl methyl sites for hydroxylation is 1. The van der Waals surface area contributed by atoms with Gasteiger partial charge in [0.2, 0.25) is 0 Å². The summed E-state index contributed by atoms with van der Waals surface area (Å²) in [5, 5.41) is 0. The van der Waals surface area contributed by atoms with Gasteiger partial charge in [-0.15, -0.1) is 0 Å². The maximum atomic E-state index is 14.1. The second-order valence-corrected chi connectivity index (χ2v) is 18.7. The van der Waals surface area contributed by atoms with Crippen LogP contribution in [0.15, 0.2) is 155 Å². The summed E-state index contributed by atoms with van der Waals surface area (Å²) in [6, 6.07) is 46.0. The Kier molecular flexibility index (Phi) is 13.3. The van der Waals surface area contributed by atoms with Crippen LogP contribution in [0.1, 0.15) is 51.6 Å². The van der Waals surface area contributed by atoms with Gasteiger partial charge in [0.25, 0.3) is 5.56 Å². The molecule has 0 spiro atoms. The number of aromatic amines is 1. The van der Waals surface area contributed by atoms with Gasteiger partial charge in [0.15, 0.2) is 0 Å². The summed E-state index contributed by atoms with van der Waals surface area (Å²) < 4.78 is 46.3. The van der Waals surface area contributed by atoms with E-state index in [-0.39, 0.29) is 24.7 Å². The highest BCUT2D eigenvalue weighted by Crippen LogP contribution is 2.49. The highest BCUT2D eigenvalue weighted by atomic mass is 31.2. The first-order valence-corrected chi connectivity index (χ1v) is 23.2. The number of nitrogens with zero attached hydrogens (tertiary/aromatic N) is 1. The minimum atomic E-state index is -4.20. The van der Waals surface area contributed by atoms with Crippen LogP contribution >= 0.6 is 7.60 Å². The SMILES string of the molecule is COc1ccc(C(OC[C@H]2O[C@@H](n3cc(C)c(=O)[nH]c3=O)C[C@@H]2OP(=O)(O)CC[SiH2]C(c2ccccc2)c2ccccc2)(c2ccccc2)c2ccc(OC)cc2)cc1. The number of aromatic nitrogens is 2. The summed E-state index contributed by atoms with van der Waals surface area (Å²) in [4.78, 5) is 39.3. The number of ether oxygens (including phenoxy) is 4. The summed E-state index contributed by atoms with van der Waals surface area (Å²) in [6.07, 6.45) is -1.31. The molecule has 0 amide bonds. The molecule has 2 heterocycles. The molecule has 4 atom stereocenters. The van der Waals surface area contributed by atoms with E-state index >= 15 is 0 Å². The molecular weight excluding hydrogens is 784 g/mol. The van der Waals surface area contributed by atoms with E-state index in [4.69, 9.17) is 23.5 Å². The van der Waals surface area contributed by atoms with Gasteiger partial charge >= 0.3 is 13.3 Å². The summed E-state index contributed by atoms with van der Waals surface area (Å²) in [6.45, 7) is 1.49. The molecule has 306 valence electrons. The number of hydrogen-bond donors (Lipinski definition) is 2. The molecule has 1 aliphatic rings. The molecule has 0 saturated carbocycles. The van der Waals surface area contributed by atoms with Gasteiger partial charge in [0.05, 0.1) is 26.9 Å².